The smallest absolute Gasteiger partial charge is 0.163 e. The maximum absolute atomic E-state index is 6.14. The largest absolute Gasteiger partial charge is 0.344 e. The molecule has 0 N–H and O–H groups in total. The van der Waals surface area contributed by atoms with Crippen LogP contribution in [-0.2, 0) is 9.47 Å². The summed E-state index contributed by atoms with van der Waals surface area (Å²) in [5.41, 5.74) is 2.28. The number of hydrogen-bond donors (Lipinski definition) is 0. The molecule has 20 heavy (non-hydrogen) atoms. The van der Waals surface area contributed by atoms with Gasteiger partial charge in [0.15, 0.2) is 11.4 Å². The fourth-order valence-electron chi connectivity index (χ4n) is 4.92. The van der Waals surface area contributed by atoms with Gasteiger partial charge in [0.05, 0.1) is 18.1 Å². The van der Waals surface area contributed by atoms with E-state index in [1.165, 1.54) is 6.42 Å². The molecule has 2 aromatic rings. The van der Waals surface area contributed by atoms with Gasteiger partial charge in [-0.15, -0.1) is 0 Å². The van der Waals surface area contributed by atoms with Crippen molar-refractivity contribution in [1.29, 1.82) is 0 Å². The molecule has 1 spiro atoms. The molecule has 0 bridgehead atoms. The molecule has 4 aliphatic rings. The van der Waals surface area contributed by atoms with Crippen molar-refractivity contribution in [1.82, 2.24) is 14.5 Å². The fourth-order valence-corrected chi connectivity index (χ4v) is 4.92. The van der Waals surface area contributed by atoms with Gasteiger partial charge >= 0.3 is 0 Å². The minimum atomic E-state index is -0.448. The molecule has 6 rings (SSSR count). The molecule has 2 saturated carbocycles. The van der Waals surface area contributed by atoms with Crippen LogP contribution in [0.2, 0.25) is 0 Å². The Bertz CT molecular complexity index is 783. The van der Waals surface area contributed by atoms with E-state index in [2.05, 4.69) is 9.55 Å². The van der Waals surface area contributed by atoms with Gasteiger partial charge in [0.2, 0.25) is 0 Å². The SMILES string of the molecule is CC1(C)O[C@H]2[C@@H](O1)C13C[C@H]1n1c(nc4cccnc41)[C@H]23. The minimum Gasteiger partial charge on any atom is -0.344 e. The van der Waals surface area contributed by atoms with Gasteiger partial charge in [0, 0.05) is 17.7 Å². The molecule has 5 nitrogen and oxygen atoms in total. The first-order valence-corrected chi connectivity index (χ1v) is 7.30. The van der Waals surface area contributed by atoms with Crippen molar-refractivity contribution in [2.45, 2.75) is 50.2 Å². The Hall–Kier alpha value is -1.46. The Kier molecular flexibility index (Phi) is 1.36. The topological polar surface area (TPSA) is 49.2 Å². The lowest BCUT2D eigenvalue weighted by molar-refractivity contribution is -0.141. The van der Waals surface area contributed by atoms with Crippen molar-refractivity contribution < 1.29 is 9.47 Å². The summed E-state index contributed by atoms with van der Waals surface area (Å²) in [7, 11) is 0. The molecule has 5 heteroatoms. The Morgan fingerprint density at radius 1 is 1.35 bits per heavy atom. The summed E-state index contributed by atoms with van der Waals surface area (Å²) >= 11 is 0. The Labute approximate surface area is 115 Å². The first-order chi connectivity index (χ1) is 9.62. The van der Waals surface area contributed by atoms with Gasteiger partial charge < -0.3 is 14.0 Å². The quantitative estimate of drug-likeness (QED) is 0.734. The number of nitrogens with zero attached hydrogens (tertiary/aromatic N) is 3. The first-order valence-electron chi connectivity index (χ1n) is 7.30. The van der Waals surface area contributed by atoms with E-state index in [1.807, 2.05) is 32.2 Å². The monoisotopic (exact) mass is 269 g/mol. The molecule has 3 fully saturated rings. The molecule has 2 aromatic heterocycles. The average molecular weight is 269 g/mol. The molecule has 0 amide bonds. The van der Waals surface area contributed by atoms with Crippen molar-refractivity contribution in [2.75, 3.05) is 0 Å². The van der Waals surface area contributed by atoms with E-state index < -0.39 is 5.79 Å². The van der Waals surface area contributed by atoms with Gasteiger partial charge in [-0.25, -0.2) is 9.97 Å². The number of hydrogen-bond acceptors (Lipinski definition) is 4. The Morgan fingerprint density at radius 3 is 3.15 bits per heavy atom. The Morgan fingerprint density at radius 2 is 2.25 bits per heavy atom. The zero-order chi connectivity index (χ0) is 13.3. The van der Waals surface area contributed by atoms with Crippen molar-refractivity contribution in [3.8, 4) is 0 Å². The van der Waals surface area contributed by atoms with Gasteiger partial charge in [-0.3, -0.25) is 0 Å². The summed E-state index contributed by atoms with van der Waals surface area (Å²) < 4.78 is 14.6. The van der Waals surface area contributed by atoms with Crippen molar-refractivity contribution in [3.05, 3.63) is 24.2 Å². The highest BCUT2D eigenvalue weighted by Gasteiger charge is 2.84. The van der Waals surface area contributed by atoms with Crippen LogP contribution in [-0.4, -0.2) is 32.5 Å². The van der Waals surface area contributed by atoms with Crippen molar-refractivity contribution in [3.63, 3.8) is 0 Å². The lowest BCUT2D eigenvalue weighted by Gasteiger charge is -2.43. The van der Waals surface area contributed by atoms with Crippen LogP contribution in [0.1, 0.15) is 38.1 Å². The van der Waals surface area contributed by atoms with Crippen LogP contribution in [0.5, 0.6) is 0 Å². The van der Waals surface area contributed by atoms with Gasteiger partial charge in [-0.1, -0.05) is 0 Å². The second-order valence-electron chi connectivity index (χ2n) is 7.02. The molecular weight excluding hydrogens is 254 g/mol. The summed E-state index contributed by atoms with van der Waals surface area (Å²) in [5, 5.41) is 0. The third-order valence-electron chi connectivity index (χ3n) is 5.64. The third kappa shape index (κ3) is 0.850. The lowest BCUT2D eigenvalue weighted by Crippen LogP contribution is -2.53. The van der Waals surface area contributed by atoms with Crippen LogP contribution in [0.3, 0.4) is 0 Å². The minimum absolute atomic E-state index is 0.174. The van der Waals surface area contributed by atoms with Gasteiger partial charge in [0.25, 0.3) is 0 Å². The molecule has 102 valence electrons. The third-order valence-corrected chi connectivity index (χ3v) is 5.64. The molecule has 1 saturated heterocycles. The van der Waals surface area contributed by atoms with Gasteiger partial charge in [0.1, 0.15) is 11.3 Å². The van der Waals surface area contributed by atoms with E-state index in [9.17, 15) is 0 Å². The fraction of sp³-hybridized carbons (Fsp3) is 0.600. The molecule has 2 aliphatic carbocycles. The van der Waals surface area contributed by atoms with Crippen LogP contribution in [0, 0.1) is 5.41 Å². The average Bonchev–Trinajstić information content (AvgIpc) is 2.85. The Balaban J connectivity index is 1.57. The summed E-state index contributed by atoms with van der Waals surface area (Å²) in [4.78, 5) is 9.35. The molecule has 5 atom stereocenters. The van der Waals surface area contributed by atoms with Crippen molar-refractivity contribution >= 4 is 11.2 Å². The molecule has 2 aliphatic heterocycles. The summed E-state index contributed by atoms with van der Waals surface area (Å²) in [6.45, 7) is 4.03. The van der Waals surface area contributed by atoms with Crippen LogP contribution >= 0.6 is 0 Å². The number of fused-ring (bicyclic) bond motifs is 7. The molecular formula is C15H15N3O2. The molecule has 1 unspecified atom stereocenters. The molecule has 4 heterocycles. The van der Waals surface area contributed by atoms with E-state index in [0.717, 1.165) is 17.0 Å². The maximum Gasteiger partial charge on any atom is 0.163 e. The van der Waals surface area contributed by atoms with Crippen LogP contribution in [0.4, 0.5) is 0 Å². The number of rotatable bonds is 0. The lowest BCUT2D eigenvalue weighted by atomic mass is 9.65. The van der Waals surface area contributed by atoms with Crippen molar-refractivity contribution in [2.24, 2.45) is 5.41 Å². The normalized spacial score (nSPS) is 45.5. The second-order valence-corrected chi connectivity index (χ2v) is 7.02. The van der Waals surface area contributed by atoms with E-state index in [-0.39, 0.29) is 17.6 Å². The highest BCUT2D eigenvalue weighted by Crippen LogP contribution is 2.81. The van der Waals surface area contributed by atoms with E-state index in [1.54, 1.807) is 0 Å². The highest BCUT2D eigenvalue weighted by atomic mass is 16.8. The number of aromatic nitrogens is 3. The van der Waals surface area contributed by atoms with E-state index >= 15 is 0 Å². The van der Waals surface area contributed by atoms with Gasteiger partial charge in [-0.2, -0.15) is 0 Å². The standard InChI is InChI=1S/C15H15N3O2/c1-14(2)19-10-9-13-17-7-4-3-5-16-12(7)18(13)8-6-15(8,9)11(10)20-14/h3-5,8-11H,6H2,1-2H3/t8-,9+,10-,11-,15?/m1/s1. The number of ether oxygens (including phenoxy) is 2. The molecule has 0 aromatic carbocycles. The number of imidazole rings is 1. The second kappa shape index (κ2) is 2.65. The molecule has 0 radical (unpaired) electrons. The predicted molar refractivity (Wildman–Crippen MR) is 70.2 cm³/mol. The summed E-state index contributed by atoms with van der Waals surface area (Å²) in [6.07, 6.45) is 3.46. The van der Waals surface area contributed by atoms with E-state index in [4.69, 9.17) is 14.5 Å². The first kappa shape index (κ1) is 10.3. The van der Waals surface area contributed by atoms with Gasteiger partial charge in [-0.05, 0) is 32.4 Å². The van der Waals surface area contributed by atoms with Crippen LogP contribution in [0.15, 0.2) is 18.3 Å². The predicted octanol–water partition coefficient (Wildman–Crippen LogP) is 1.99. The van der Waals surface area contributed by atoms with Crippen LogP contribution < -0.4 is 0 Å². The van der Waals surface area contributed by atoms with Crippen LogP contribution in [0.25, 0.3) is 11.2 Å². The maximum atomic E-state index is 6.14. The summed E-state index contributed by atoms with van der Waals surface area (Å²) in [6, 6.07) is 4.51. The zero-order valence-electron chi connectivity index (χ0n) is 11.4. The zero-order valence-corrected chi connectivity index (χ0v) is 11.4. The highest BCUT2D eigenvalue weighted by molar-refractivity contribution is 5.73. The number of pyridine rings is 1. The van der Waals surface area contributed by atoms with E-state index in [0.29, 0.717) is 12.0 Å². The summed E-state index contributed by atoms with van der Waals surface area (Å²) in [5.74, 6) is 1.11.